The Hall–Kier alpha value is -3.75. The second kappa shape index (κ2) is 13.2. The van der Waals surface area contributed by atoms with Gasteiger partial charge in [-0.15, -0.1) is 0 Å². The van der Waals surface area contributed by atoms with Gasteiger partial charge in [0.05, 0.1) is 0 Å². The van der Waals surface area contributed by atoms with Gasteiger partial charge in [0.25, 0.3) is 0 Å². The van der Waals surface area contributed by atoms with Crippen molar-refractivity contribution in [2.24, 2.45) is 0 Å². The smallest absolute Gasteiger partial charge is 0.328 e. The Kier molecular flexibility index (Phi) is 9.77. The zero-order chi connectivity index (χ0) is 25.0. The molecule has 2 heterocycles. The lowest BCUT2D eigenvalue weighted by atomic mass is 9.94. The van der Waals surface area contributed by atoms with E-state index in [9.17, 15) is 9.59 Å². The summed E-state index contributed by atoms with van der Waals surface area (Å²) in [7, 11) is 0. The molecule has 4 rings (SSSR count). The zero-order valence-electron chi connectivity index (χ0n) is 19.1. The van der Waals surface area contributed by atoms with E-state index in [1.807, 2.05) is 0 Å². The van der Waals surface area contributed by atoms with Crippen LogP contribution in [0.25, 0.3) is 16.3 Å². The van der Waals surface area contributed by atoms with Crippen molar-refractivity contribution in [1.29, 1.82) is 0 Å². The molecule has 0 radical (unpaired) electrons. The number of carboxylic acid groups (broad SMARTS) is 2. The highest BCUT2D eigenvalue weighted by Crippen LogP contribution is 2.29. The molecule has 2 aromatic carbocycles. The van der Waals surface area contributed by atoms with Crippen LogP contribution in [0.5, 0.6) is 0 Å². The van der Waals surface area contributed by atoms with Gasteiger partial charge in [0.1, 0.15) is 0 Å². The Morgan fingerprint density at radius 2 is 1.74 bits per heavy atom. The minimum absolute atomic E-state index is 0.429. The average molecular weight is 495 g/mol. The second-order valence-electron chi connectivity index (χ2n) is 7.79. The maximum atomic E-state index is 9.55. The van der Waals surface area contributed by atoms with Crippen molar-refractivity contribution < 1.29 is 19.8 Å². The van der Waals surface area contributed by atoms with Gasteiger partial charge < -0.3 is 15.5 Å². The molecule has 0 atom stereocenters. The SMILES string of the molecule is Clc1nccnc1NCCCN1CC=C(c2cccc3ccccc23)CC1.O=C(O)C=CC(=O)O. The van der Waals surface area contributed by atoms with Crippen molar-refractivity contribution >= 4 is 45.7 Å². The largest absolute Gasteiger partial charge is 0.478 e. The molecular weight excluding hydrogens is 468 g/mol. The predicted molar refractivity (Wildman–Crippen MR) is 138 cm³/mol. The first-order chi connectivity index (χ1) is 16.9. The van der Waals surface area contributed by atoms with Crippen LogP contribution in [-0.2, 0) is 9.59 Å². The Balaban J connectivity index is 0.000000371. The Morgan fingerprint density at radius 1 is 1.03 bits per heavy atom. The standard InChI is InChI=1S/C22H23ClN4.C4H4O4/c23-21-22(26-13-12-24-21)25-11-4-14-27-15-9-18(10-16-27)20-8-3-6-17-5-1-2-7-19(17)20;5-3(6)1-2-4(7)8/h1-3,5-9,12-13H,4,10-11,14-16H2,(H,25,26);1-2H,(H,5,6)(H,7,8). The Morgan fingerprint density at radius 3 is 2.43 bits per heavy atom. The molecule has 0 fully saturated rings. The van der Waals surface area contributed by atoms with E-state index in [-0.39, 0.29) is 0 Å². The minimum Gasteiger partial charge on any atom is -0.478 e. The summed E-state index contributed by atoms with van der Waals surface area (Å²) in [6, 6.07) is 15.2. The van der Waals surface area contributed by atoms with Crippen molar-refractivity contribution in [2.75, 3.05) is 31.5 Å². The van der Waals surface area contributed by atoms with Crippen LogP contribution in [0.15, 0.2) is 73.1 Å². The average Bonchev–Trinajstić information content (AvgIpc) is 2.87. The molecule has 0 bridgehead atoms. The van der Waals surface area contributed by atoms with Crippen LogP contribution in [0.1, 0.15) is 18.4 Å². The number of hydrogen-bond acceptors (Lipinski definition) is 6. The molecule has 0 saturated carbocycles. The number of hydrogen-bond donors (Lipinski definition) is 3. The summed E-state index contributed by atoms with van der Waals surface area (Å²) in [4.78, 5) is 29.8. The van der Waals surface area contributed by atoms with E-state index >= 15 is 0 Å². The fourth-order valence-corrected chi connectivity index (χ4v) is 3.93. The van der Waals surface area contributed by atoms with E-state index in [1.54, 1.807) is 12.4 Å². The monoisotopic (exact) mass is 494 g/mol. The number of carboxylic acids is 2. The van der Waals surface area contributed by atoms with Crippen LogP contribution >= 0.6 is 11.6 Å². The number of nitrogens with zero attached hydrogens (tertiary/aromatic N) is 3. The van der Waals surface area contributed by atoms with Crippen molar-refractivity contribution in [3.05, 3.63) is 83.8 Å². The van der Waals surface area contributed by atoms with Gasteiger partial charge in [0.15, 0.2) is 11.0 Å². The van der Waals surface area contributed by atoms with Crippen LogP contribution in [0.3, 0.4) is 0 Å². The lowest BCUT2D eigenvalue weighted by Crippen LogP contribution is -2.30. The Labute approximate surface area is 208 Å². The first kappa shape index (κ1) is 25.9. The molecule has 0 spiro atoms. The van der Waals surface area contributed by atoms with Gasteiger partial charge in [-0.1, -0.05) is 60.1 Å². The molecule has 182 valence electrons. The number of halogens is 1. The molecule has 3 N–H and O–H groups in total. The molecule has 9 heteroatoms. The number of rotatable bonds is 8. The summed E-state index contributed by atoms with van der Waals surface area (Å²) in [5.41, 5.74) is 2.85. The highest BCUT2D eigenvalue weighted by Gasteiger charge is 2.14. The molecule has 1 aliphatic heterocycles. The van der Waals surface area contributed by atoms with Gasteiger partial charge in [0, 0.05) is 50.7 Å². The minimum atomic E-state index is -1.26. The van der Waals surface area contributed by atoms with Crippen molar-refractivity contribution in [3.63, 3.8) is 0 Å². The number of benzene rings is 2. The topological polar surface area (TPSA) is 116 Å². The number of fused-ring (bicyclic) bond motifs is 1. The molecule has 3 aromatic rings. The third-order valence-electron chi connectivity index (χ3n) is 5.39. The number of anilines is 1. The second-order valence-corrected chi connectivity index (χ2v) is 8.15. The molecule has 0 amide bonds. The van der Waals surface area contributed by atoms with Gasteiger partial charge in [-0.2, -0.15) is 0 Å². The molecule has 0 aliphatic carbocycles. The van der Waals surface area contributed by atoms with E-state index in [1.165, 1.54) is 21.9 Å². The van der Waals surface area contributed by atoms with Crippen LogP contribution in [-0.4, -0.2) is 63.2 Å². The van der Waals surface area contributed by atoms with Gasteiger partial charge in [0.2, 0.25) is 0 Å². The fraction of sp³-hybridized carbons (Fsp3) is 0.231. The summed E-state index contributed by atoms with van der Waals surface area (Å²) >= 11 is 6.01. The van der Waals surface area contributed by atoms with E-state index in [2.05, 4.69) is 68.7 Å². The predicted octanol–water partition coefficient (Wildman–Crippen LogP) is 4.59. The normalized spacial score (nSPS) is 13.7. The summed E-state index contributed by atoms with van der Waals surface area (Å²) in [5, 5.41) is 22.0. The van der Waals surface area contributed by atoms with E-state index in [0.717, 1.165) is 39.0 Å². The van der Waals surface area contributed by atoms with Crippen LogP contribution < -0.4 is 5.32 Å². The van der Waals surface area contributed by atoms with E-state index < -0.39 is 11.9 Å². The molecule has 0 unspecified atom stereocenters. The Bertz CT molecular complexity index is 1210. The molecule has 8 nitrogen and oxygen atoms in total. The van der Waals surface area contributed by atoms with E-state index in [4.69, 9.17) is 21.8 Å². The molecule has 35 heavy (non-hydrogen) atoms. The summed E-state index contributed by atoms with van der Waals surface area (Å²) in [5.74, 6) is -1.85. The highest BCUT2D eigenvalue weighted by atomic mass is 35.5. The van der Waals surface area contributed by atoms with Crippen LogP contribution in [0.4, 0.5) is 5.82 Å². The lowest BCUT2D eigenvalue weighted by molar-refractivity contribution is -0.134. The maximum Gasteiger partial charge on any atom is 0.328 e. The molecule has 1 aromatic heterocycles. The van der Waals surface area contributed by atoms with Gasteiger partial charge in [-0.3, -0.25) is 4.90 Å². The fourth-order valence-electron chi connectivity index (χ4n) is 3.76. The summed E-state index contributed by atoms with van der Waals surface area (Å²) in [6.45, 7) is 4.00. The summed E-state index contributed by atoms with van der Waals surface area (Å²) < 4.78 is 0. The molecule has 0 saturated heterocycles. The van der Waals surface area contributed by atoms with E-state index in [0.29, 0.717) is 23.1 Å². The maximum absolute atomic E-state index is 9.55. The highest BCUT2D eigenvalue weighted by molar-refractivity contribution is 6.31. The third-order valence-corrected chi connectivity index (χ3v) is 5.67. The van der Waals surface area contributed by atoms with Gasteiger partial charge in [-0.05, 0) is 34.8 Å². The number of nitrogens with one attached hydrogen (secondary N) is 1. The first-order valence-corrected chi connectivity index (χ1v) is 11.6. The first-order valence-electron chi connectivity index (χ1n) is 11.2. The van der Waals surface area contributed by atoms with Crippen LogP contribution in [0.2, 0.25) is 5.15 Å². The lowest BCUT2D eigenvalue weighted by Gasteiger charge is -2.27. The van der Waals surface area contributed by atoms with Gasteiger partial charge in [-0.25, -0.2) is 19.6 Å². The number of carbonyl (C=O) groups is 2. The zero-order valence-corrected chi connectivity index (χ0v) is 19.9. The third kappa shape index (κ3) is 8.20. The quantitative estimate of drug-likeness (QED) is 0.307. The van der Waals surface area contributed by atoms with Crippen molar-refractivity contribution in [1.82, 2.24) is 14.9 Å². The molecule has 1 aliphatic rings. The van der Waals surface area contributed by atoms with Crippen molar-refractivity contribution in [2.45, 2.75) is 12.8 Å². The van der Waals surface area contributed by atoms with Gasteiger partial charge >= 0.3 is 11.9 Å². The number of aliphatic carboxylic acids is 2. The van der Waals surface area contributed by atoms with Crippen LogP contribution in [0, 0.1) is 0 Å². The number of aromatic nitrogens is 2. The van der Waals surface area contributed by atoms with Crippen molar-refractivity contribution in [3.8, 4) is 0 Å². The molecular formula is C26H27ClN4O4. The summed E-state index contributed by atoms with van der Waals surface area (Å²) in [6.07, 6.45) is 8.89.